The molecule has 1 saturated heterocycles. The van der Waals surface area contributed by atoms with Crippen LogP contribution >= 0.6 is 0 Å². The van der Waals surface area contributed by atoms with Crippen LogP contribution in [0.3, 0.4) is 0 Å². The molecule has 0 aliphatic carbocycles. The molecule has 1 aliphatic heterocycles. The zero-order valence-corrected chi connectivity index (χ0v) is 14.6. The Kier molecular flexibility index (Phi) is 11.1. The summed E-state index contributed by atoms with van der Waals surface area (Å²) in [7, 11) is 0. The fraction of sp³-hybridized carbons (Fsp3) is 1.00. The Morgan fingerprint density at radius 2 is 1.13 bits per heavy atom. The van der Waals surface area contributed by atoms with Gasteiger partial charge in [-0.1, -0.05) is 71.1 Å². The highest BCUT2D eigenvalue weighted by atomic mass is 16.5. The summed E-state index contributed by atoms with van der Waals surface area (Å²) in [6.07, 6.45) is 8.22. The summed E-state index contributed by atoms with van der Waals surface area (Å²) in [5.41, 5.74) is 0. The van der Waals surface area contributed by atoms with Crippen molar-refractivity contribution >= 4 is 0 Å². The van der Waals surface area contributed by atoms with Gasteiger partial charge in [0.25, 0.3) is 0 Å². The normalized spacial score (nSPS) is 31.4. The second-order valence-corrected chi connectivity index (χ2v) is 6.84. The largest absolute Gasteiger partial charge is 0.394 e. The zero-order chi connectivity index (χ0) is 17.1. The van der Waals surface area contributed by atoms with Crippen LogP contribution in [-0.4, -0.2) is 57.6 Å². The van der Waals surface area contributed by atoms with E-state index in [2.05, 4.69) is 6.92 Å². The molecule has 0 saturated carbocycles. The van der Waals surface area contributed by atoms with Gasteiger partial charge in [-0.15, -0.1) is 0 Å². The van der Waals surface area contributed by atoms with Gasteiger partial charge in [0.1, 0.15) is 24.4 Å². The molecule has 5 heteroatoms. The summed E-state index contributed by atoms with van der Waals surface area (Å²) in [6, 6.07) is 0. The lowest BCUT2D eigenvalue weighted by Gasteiger charge is -2.40. The molecule has 138 valence electrons. The van der Waals surface area contributed by atoms with Gasteiger partial charge in [-0.25, -0.2) is 0 Å². The highest BCUT2D eigenvalue weighted by molar-refractivity contribution is 4.91. The molecule has 1 heterocycles. The van der Waals surface area contributed by atoms with Crippen LogP contribution < -0.4 is 0 Å². The second-order valence-electron chi connectivity index (χ2n) is 6.84. The standard InChI is InChI=1S/C18H36O5/c1-2-3-4-5-6-7-8-9-10-11-12-14-16(20)18(22)17(21)15(13-19)23-14/h14-22H,2-13H2,1H3/t14-,15+,16-,17+,18+/m0/s1. The minimum Gasteiger partial charge on any atom is -0.394 e. The second kappa shape index (κ2) is 12.2. The molecular formula is C18H36O5. The van der Waals surface area contributed by atoms with Crippen molar-refractivity contribution in [2.45, 2.75) is 108 Å². The molecular weight excluding hydrogens is 296 g/mol. The average molecular weight is 332 g/mol. The maximum absolute atomic E-state index is 9.95. The van der Waals surface area contributed by atoms with Crippen LogP contribution in [-0.2, 0) is 4.74 Å². The molecule has 0 aromatic heterocycles. The zero-order valence-electron chi connectivity index (χ0n) is 14.6. The third kappa shape index (κ3) is 7.48. The molecule has 0 unspecified atom stereocenters. The first kappa shape index (κ1) is 20.8. The van der Waals surface area contributed by atoms with Crippen LogP contribution in [0, 0.1) is 0 Å². The van der Waals surface area contributed by atoms with Gasteiger partial charge in [-0.2, -0.15) is 0 Å². The number of rotatable bonds is 12. The van der Waals surface area contributed by atoms with E-state index >= 15 is 0 Å². The monoisotopic (exact) mass is 332 g/mol. The molecule has 1 rings (SSSR count). The topological polar surface area (TPSA) is 90.2 Å². The van der Waals surface area contributed by atoms with Crippen LogP contribution in [0.5, 0.6) is 0 Å². The van der Waals surface area contributed by atoms with Crippen LogP contribution in [0.15, 0.2) is 0 Å². The predicted octanol–water partition coefficient (Wildman–Crippen LogP) is 2.14. The molecule has 5 atom stereocenters. The van der Waals surface area contributed by atoms with Crippen molar-refractivity contribution in [2.75, 3.05) is 6.61 Å². The van der Waals surface area contributed by atoms with E-state index in [1.807, 2.05) is 0 Å². The summed E-state index contributed by atoms with van der Waals surface area (Å²) in [6.45, 7) is 1.88. The van der Waals surface area contributed by atoms with Gasteiger partial charge >= 0.3 is 0 Å². The molecule has 0 aromatic rings. The average Bonchev–Trinajstić information content (AvgIpc) is 2.56. The number of hydrogen-bond acceptors (Lipinski definition) is 5. The van der Waals surface area contributed by atoms with E-state index in [1.165, 1.54) is 51.4 Å². The van der Waals surface area contributed by atoms with Crippen molar-refractivity contribution < 1.29 is 25.2 Å². The van der Waals surface area contributed by atoms with E-state index in [9.17, 15) is 15.3 Å². The summed E-state index contributed by atoms with van der Waals surface area (Å²) >= 11 is 0. The Morgan fingerprint density at radius 1 is 0.652 bits per heavy atom. The van der Waals surface area contributed by atoms with Gasteiger partial charge in [0, 0.05) is 0 Å². The lowest BCUT2D eigenvalue weighted by molar-refractivity contribution is -0.230. The number of aliphatic hydroxyl groups is 4. The Labute approximate surface area is 140 Å². The number of hydrogen-bond donors (Lipinski definition) is 4. The first-order valence-corrected chi connectivity index (χ1v) is 9.42. The molecule has 5 nitrogen and oxygen atoms in total. The Hall–Kier alpha value is -0.200. The minimum absolute atomic E-state index is 0.348. The molecule has 1 aliphatic rings. The first-order chi connectivity index (χ1) is 11.1. The van der Waals surface area contributed by atoms with E-state index < -0.39 is 30.5 Å². The van der Waals surface area contributed by atoms with E-state index in [1.54, 1.807) is 0 Å². The van der Waals surface area contributed by atoms with E-state index in [-0.39, 0.29) is 6.61 Å². The fourth-order valence-corrected chi connectivity index (χ4v) is 3.25. The molecule has 4 N–H and O–H groups in total. The number of ether oxygens (including phenoxy) is 1. The van der Waals surface area contributed by atoms with E-state index in [0.717, 1.165) is 12.8 Å². The smallest absolute Gasteiger partial charge is 0.111 e. The maximum Gasteiger partial charge on any atom is 0.111 e. The van der Waals surface area contributed by atoms with Crippen molar-refractivity contribution in [2.24, 2.45) is 0 Å². The van der Waals surface area contributed by atoms with Gasteiger partial charge in [0.05, 0.1) is 12.7 Å². The van der Waals surface area contributed by atoms with Crippen molar-refractivity contribution in [3.8, 4) is 0 Å². The third-order valence-electron chi connectivity index (χ3n) is 4.83. The molecule has 0 radical (unpaired) electrons. The highest BCUT2D eigenvalue weighted by Gasteiger charge is 2.42. The Morgan fingerprint density at radius 3 is 1.65 bits per heavy atom. The first-order valence-electron chi connectivity index (χ1n) is 9.42. The van der Waals surface area contributed by atoms with E-state index in [4.69, 9.17) is 9.84 Å². The molecule has 0 spiro atoms. The van der Waals surface area contributed by atoms with Crippen molar-refractivity contribution in [3.63, 3.8) is 0 Å². The van der Waals surface area contributed by atoms with E-state index in [0.29, 0.717) is 6.42 Å². The molecule has 0 bridgehead atoms. The summed E-state index contributed by atoms with van der Waals surface area (Å²) < 4.78 is 5.50. The lowest BCUT2D eigenvalue weighted by atomic mass is 9.92. The molecule has 23 heavy (non-hydrogen) atoms. The van der Waals surface area contributed by atoms with Crippen molar-refractivity contribution in [3.05, 3.63) is 0 Å². The lowest BCUT2D eigenvalue weighted by Crippen LogP contribution is -2.58. The van der Waals surface area contributed by atoms with Crippen LogP contribution in [0.25, 0.3) is 0 Å². The maximum atomic E-state index is 9.95. The minimum atomic E-state index is -1.24. The Bertz CT molecular complexity index is 285. The molecule has 0 amide bonds. The quantitative estimate of drug-likeness (QED) is 0.411. The van der Waals surface area contributed by atoms with Crippen LogP contribution in [0.1, 0.15) is 77.6 Å². The van der Waals surface area contributed by atoms with Gasteiger partial charge < -0.3 is 25.2 Å². The fourth-order valence-electron chi connectivity index (χ4n) is 3.25. The van der Waals surface area contributed by atoms with Crippen LogP contribution in [0.4, 0.5) is 0 Å². The number of aliphatic hydroxyl groups excluding tert-OH is 4. The SMILES string of the molecule is CCCCCCCCCCCC[C@@H]1O[C@H](CO)[C@@H](O)[C@H](O)[C@H]1O. The highest BCUT2D eigenvalue weighted by Crippen LogP contribution is 2.24. The molecule has 0 aromatic carbocycles. The summed E-state index contributed by atoms with van der Waals surface area (Å²) in [4.78, 5) is 0. The predicted molar refractivity (Wildman–Crippen MR) is 90.2 cm³/mol. The third-order valence-corrected chi connectivity index (χ3v) is 4.83. The van der Waals surface area contributed by atoms with Crippen LogP contribution in [0.2, 0.25) is 0 Å². The van der Waals surface area contributed by atoms with Gasteiger partial charge in [0.2, 0.25) is 0 Å². The number of unbranched alkanes of at least 4 members (excludes halogenated alkanes) is 9. The Balaban J connectivity index is 2.06. The van der Waals surface area contributed by atoms with Gasteiger partial charge in [0.15, 0.2) is 0 Å². The summed E-state index contributed by atoms with van der Waals surface area (Å²) in [5, 5.41) is 38.6. The van der Waals surface area contributed by atoms with Gasteiger partial charge in [-0.3, -0.25) is 0 Å². The van der Waals surface area contributed by atoms with Crippen molar-refractivity contribution in [1.82, 2.24) is 0 Å². The summed E-state index contributed by atoms with van der Waals surface area (Å²) in [5.74, 6) is 0. The molecule has 1 fully saturated rings. The van der Waals surface area contributed by atoms with Gasteiger partial charge in [-0.05, 0) is 6.42 Å². The van der Waals surface area contributed by atoms with Crippen molar-refractivity contribution in [1.29, 1.82) is 0 Å².